The minimum absolute atomic E-state index is 0.0575. The molecular formula is C18H18INO3. The normalized spacial score (nSPS) is 12.0. The lowest BCUT2D eigenvalue weighted by Crippen LogP contribution is -1.93. The molecule has 2 N–H and O–H groups in total. The summed E-state index contributed by atoms with van der Waals surface area (Å²) in [6, 6.07) is 10.4. The summed E-state index contributed by atoms with van der Waals surface area (Å²) < 4.78 is 0.460. The molecule has 0 bridgehead atoms. The standard InChI is InChI=1S/C18H18INO3/c1-3-13(11-5-7-12(21)8-6-11)14(4-2)15-9-10-16(22)17(19)18(15)20-23/h5-10,21-22H,3-4H2,1-2H3. The highest BCUT2D eigenvalue weighted by atomic mass is 127. The summed E-state index contributed by atoms with van der Waals surface area (Å²) >= 11 is 1.94. The predicted molar refractivity (Wildman–Crippen MR) is 102 cm³/mol. The van der Waals surface area contributed by atoms with Gasteiger partial charge in [-0.2, -0.15) is 0 Å². The van der Waals surface area contributed by atoms with Crippen LogP contribution in [0.25, 0.3) is 11.1 Å². The van der Waals surface area contributed by atoms with Gasteiger partial charge in [-0.15, -0.1) is 4.91 Å². The molecule has 0 aliphatic carbocycles. The lowest BCUT2D eigenvalue weighted by molar-refractivity contribution is 0.471. The van der Waals surface area contributed by atoms with Crippen LogP contribution in [-0.2, 0) is 0 Å². The minimum Gasteiger partial charge on any atom is -0.508 e. The van der Waals surface area contributed by atoms with Gasteiger partial charge in [0.2, 0.25) is 0 Å². The molecule has 0 aliphatic heterocycles. The van der Waals surface area contributed by atoms with Gasteiger partial charge >= 0.3 is 0 Å². The monoisotopic (exact) mass is 423 g/mol. The molecule has 0 saturated heterocycles. The van der Waals surface area contributed by atoms with Crippen molar-refractivity contribution < 1.29 is 10.2 Å². The van der Waals surface area contributed by atoms with Crippen LogP contribution in [0.15, 0.2) is 41.6 Å². The van der Waals surface area contributed by atoms with E-state index in [0.717, 1.165) is 35.1 Å². The Hall–Kier alpha value is -1.89. The maximum atomic E-state index is 11.3. The van der Waals surface area contributed by atoms with Crippen molar-refractivity contribution in [1.29, 1.82) is 0 Å². The zero-order valence-corrected chi connectivity index (χ0v) is 15.2. The summed E-state index contributed by atoms with van der Waals surface area (Å²) in [6.45, 7) is 4.08. The van der Waals surface area contributed by atoms with Gasteiger partial charge in [-0.25, -0.2) is 0 Å². The van der Waals surface area contributed by atoms with Crippen molar-refractivity contribution in [3.63, 3.8) is 0 Å². The van der Waals surface area contributed by atoms with Gasteiger partial charge in [-0.3, -0.25) is 0 Å². The van der Waals surface area contributed by atoms with Crippen LogP contribution in [0.5, 0.6) is 11.5 Å². The number of halogens is 1. The molecule has 5 heteroatoms. The number of nitroso groups, excluding NO2 is 1. The predicted octanol–water partition coefficient (Wildman–Crippen LogP) is 5.83. The summed E-state index contributed by atoms with van der Waals surface area (Å²) in [6.07, 6.45) is 1.51. The number of benzene rings is 2. The van der Waals surface area contributed by atoms with E-state index in [1.54, 1.807) is 24.3 Å². The van der Waals surface area contributed by atoms with Gasteiger partial charge < -0.3 is 10.2 Å². The minimum atomic E-state index is 0.0575. The van der Waals surface area contributed by atoms with Gasteiger partial charge in [0.05, 0.1) is 3.57 Å². The number of phenolic OH excluding ortho intramolecular Hbond substituents is 2. The van der Waals surface area contributed by atoms with Crippen molar-refractivity contribution in [2.75, 3.05) is 0 Å². The van der Waals surface area contributed by atoms with Crippen molar-refractivity contribution in [3.8, 4) is 11.5 Å². The van der Waals surface area contributed by atoms with E-state index in [4.69, 9.17) is 0 Å². The first-order valence-electron chi connectivity index (χ1n) is 7.40. The molecule has 0 aliphatic rings. The SMILES string of the molecule is CCC(=C(CC)c1ccc(O)c(I)c1N=O)c1ccc(O)cc1. The first-order chi connectivity index (χ1) is 11.0. The third kappa shape index (κ3) is 3.55. The highest BCUT2D eigenvalue weighted by Gasteiger charge is 2.17. The largest absolute Gasteiger partial charge is 0.508 e. The Labute approximate surface area is 149 Å². The molecule has 0 unspecified atom stereocenters. The van der Waals surface area contributed by atoms with E-state index < -0.39 is 0 Å². The van der Waals surface area contributed by atoms with E-state index >= 15 is 0 Å². The third-order valence-electron chi connectivity index (χ3n) is 3.80. The highest BCUT2D eigenvalue weighted by molar-refractivity contribution is 14.1. The van der Waals surface area contributed by atoms with Crippen LogP contribution in [0.1, 0.15) is 37.8 Å². The zero-order valence-electron chi connectivity index (χ0n) is 13.0. The second-order valence-electron chi connectivity index (χ2n) is 5.10. The smallest absolute Gasteiger partial charge is 0.132 e. The van der Waals surface area contributed by atoms with Crippen LogP contribution in [0.3, 0.4) is 0 Å². The van der Waals surface area contributed by atoms with E-state index in [2.05, 4.69) is 12.1 Å². The van der Waals surface area contributed by atoms with E-state index in [-0.39, 0.29) is 17.2 Å². The molecule has 0 heterocycles. The first-order valence-corrected chi connectivity index (χ1v) is 8.47. The zero-order chi connectivity index (χ0) is 17.0. The van der Waals surface area contributed by atoms with Gasteiger partial charge in [0.1, 0.15) is 17.2 Å². The van der Waals surface area contributed by atoms with E-state index in [9.17, 15) is 15.1 Å². The second-order valence-corrected chi connectivity index (χ2v) is 6.18. The Kier molecular flexibility index (Phi) is 5.76. The van der Waals surface area contributed by atoms with Crippen LogP contribution in [0.4, 0.5) is 5.69 Å². The van der Waals surface area contributed by atoms with Crippen molar-refractivity contribution in [2.24, 2.45) is 5.18 Å². The Morgan fingerprint density at radius 3 is 2.13 bits per heavy atom. The van der Waals surface area contributed by atoms with Crippen molar-refractivity contribution in [1.82, 2.24) is 0 Å². The van der Waals surface area contributed by atoms with Gasteiger partial charge in [0, 0.05) is 5.56 Å². The van der Waals surface area contributed by atoms with Crippen molar-refractivity contribution in [3.05, 3.63) is 56.0 Å². The van der Waals surface area contributed by atoms with E-state index in [0.29, 0.717) is 3.57 Å². The Morgan fingerprint density at radius 2 is 1.61 bits per heavy atom. The van der Waals surface area contributed by atoms with Crippen LogP contribution in [0.2, 0.25) is 0 Å². The molecule has 0 amide bonds. The highest BCUT2D eigenvalue weighted by Crippen LogP contribution is 2.41. The quantitative estimate of drug-likeness (QED) is 0.361. The van der Waals surface area contributed by atoms with E-state index in [1.807, 2.05) is 41.6 Å². The molecule has 4 nitrogen and oxygen atoms in total. The molecule has 2 aromatic carbocycles. The average Bonchev–Trinajstić information content (AvgIpc) is 2.56. The van der Waals surface area contributed by atoms with Gasteiger partial charge in [0.25, 0.3) is 0 Å². The average molecular weight is 423 g/mol. The number of allylic oxidation sites excluding steroid dienone is 2. The van der Waals surface area contributed by atoms with Crippen LogP contribution in [0, 0.1) is 8.48 Å². The van der Waals surface area contributed by atoms with Gasteiger partial charge in [-0.1, -0.05) is 26.0 Å². The van der Waals surface area contributed by atoms with Crippen molar-refractivity contribution in [2.45, 2.75) is 26.7 Å². The molecule has 2 aromatic rings. The number of nitrogens with zero attached hydrogens (tertiary/aromatic N) is 1. The summed E-state index contributed by atoms with van der Waals surface area (Å²) in [7, 11) is 0. The molecule has 0 aromatic heterocycles. The molecule has 0 radical (unpaired) electrons. The topological polar surface area (TPSA) is 69.9 Å². The van der Waals surface area contributed by atoms with Crippen molar-refractivity contribution >= 4 is 39.4 Å². The Bertz CT molecular complexity index is 752. The summed E-state index contributed by atoms with van der Waals surface area (Å²) in [4.78, 5) is 11.3. The van der Waals surface area contributed by atoms with Gasteiger partial charge in [-0.05, 0) is 81.6 Å². The molecule has 0 atom stereocenters. The van der Waals surface area contributed by atoms with Crippen LogP contribution in [-0.4, -0.2) is 10.2 Å². The molecule has 2 rings (SSSR count). The van der Waals surface area contributed by atoms with E-state index in [1.165, 1.54) is 0 Å². The first kappa shape index (κ1) is 17.5. The Morgan fingerprint density at radius 1 is 1.00 bits per heavy atom. The molecule has 120 valence electrons. The number of phenols is 2. The number of hydrogen-bond donors (Lipinski definition) is 2. The summed E-state index contributed by atoms with van der Waals surface area (Å²) in [5, 5.41) is 22.4. The third-order valence-corrected chi connectivity index (χ3v) is 4.86. The Balaban J connectivity index is 2.72. The summed E-state index contributed by atoms with van der Waals surface area (Å²) in [5.41, 5.74) is 4.13. The fourth-order valence-electron chi connectivity index (χ4n) is 2.71. The maximum Gasteiger partial charge on any atom is 0.132 e. The number of aromatic hydroxyl groups is 2. The number of hydrogen-bond acceptors (Lipinski definition) is 4. The lowest BCUT2D eigenvalue weighted by Gasteiger charge is -2.16. The number of rotatable bonds is 5. The molecular weight excluding hydrogens is 405 g/mol. The van der Waals surface area contributed by atoms with Gasteiger partial charge in [0.15, 0.2) is 0 Å². The van der Waals surface area contributed by atoms with Crippen LogP contribution >= 0.6 is 22.6 Å². The molecule has 0 saturated carbocycles. The second kappa shape index (κ2) is 7.59. The molecule has 0 spiro atoms. The molecule has 0 fully saturated rings. The summed E-state index contributed by atoms with van der Waals surface area (Å²) in [5.74, 6) is 0.277. The maximum absolute atomic E-state index is 11.3. The lowest BCUT2D eigenvalue weighted by atomic mass is 9.90. The fourth-order valence-corrected chi connectivity index (χ4v) is 3.28. The fraction of sp³-hybridized carbons (Fsp3) is 0.222. The van der Waals surface area contributed by atoms with Crippen LogP contribution < -0.4 is 0 Å². The molecule has 23 heavy (non-hydrogen) atoms.